The van der Waals surface area contributed by atoms with E-state index in [-0.39, 0.29) is 5.54 Å². The van der Waals surface area contributed by atoms with Crippen LogP contribution in [0.4, 0.5) is 0 Å². The van der Waals surface area contributed by atoms with Crippen LogP contribution in [0.25, 0.3) is 0 Å². The lowest BCUT2D eigenvalue weighted by atomic mass is 9.88. The Morgan fingerprint density at radius 3 is 2.59 bits per heavy atom. The average Bonchev–Trinajstić information content (AvgIpc) is 2.67. The van der Waals surface area contributed by atoms with Gasteiger partial charge in [0.2, 0.25) is 0 Å². The summed E-state index contributed by atoms with van der Waals surface area (Å²) in [5.74, 6) is 1.79. The third-order valence-corrected chi connectivity index (χ3v) is 4.77. The highest BCUT2D eigenvalue weighted by atomic mass is 16.5. The highest BCUT2D eigenvalue weighted by molar-refractivity contribution is 4.91. The minimum Gasteiger partial charge on any atom is -0.381 e. The molecule has 1 aliphatic heterocycles. The molecular formula is C15H29NO. The van der Waals surface area contributed by atoms with Crippen molar-refractivity contribution in [3.05, 3.63) is 0 Å². The number of ether oxygens (including phenoxy) is 1. The molecule has 0 aromatic carbocycles. The molecule has 1 saturated carbocycles. The fourth-order valence-corrected chi connectivity index (χ4v) is 3.60. The summed E-state index contributed by atoms with van der Waals surface area (Å²) in [6, 6.07) is 0. The van der Waals surface area contributed by atoms with Gasteiger partial charge in [-0.1, -0.05) is 26.2 Å². The number of rotatable bonds is 5. The largest absolute Gasteiger partial charge is 0.381 e. The van der Waals surface area contributed by atoms with Gasteiger partial charge in [0.05, 0.1) is 0 Å². The Morgan fingerprint density at radius 2 is 1.94 bits per heavy atom. The van der Waals surface area contributed by atoms with Gasteiger partial charge in [-0.05, 0) is 50.4 Å². The molecule has 2 unspecified atom stereocenters. The Morgan fingerprint density at radius 1 is 1.18 bits per heavy atom. The second-order valence-corrected chi connectivity index (χ2v) is 6.51. The van der Waals surface area contributed by atoms with Crippen molar-refractivity contribution in [2.45, 2.75) is 70.3 Å². The maximum atomic E-state index is 6.45. The van der Waals surface area contributed by atoms with Crippen LogP contribution in [0.1, 0.15) is 64.7 Å². The Kier molecular flexibility index (Phi) is 4.87. The topological polar surface area (TPSA) is 35.2 Å². The summed E-state index contributed by atoms with van der Waals surface area (Å²) in [5.41, 5.74) is 6.64. The first-order chi connectivity index (χ1) is 8.18. The molecule has 0 aromatic rings. The summed E-state index contributed by atoms with van der Waals surface area (Å²) in [5, 5.41) is 0. The smallest absolute Gasteiger partial charge is 0.0468 e. The maximum Gasteiger partial charge on any atom is 0.0468 e. The zero-order valence-corrected chi connectivity index (χ0v) is 11.4. The third kappa shape index (κ3) is 4.26. The standard InChI is InChI=1S/C15H29NO/c1-13-5-9-15(16,12-13)8-3-2-4-14-6-10-17-11-7-14/h13-14H,2-12,16H2,1H3. The predicted molar refractivity (Wildman–Crippen MR) is 71.9 cm³/mol. The highest BCUT2D eigenvalue weighted by Crippen LogP contribution is 2.36. The molecule has 100 valence electrons. The van der Waals surface area contributed by atoms with E-state index in [0.717, 1.165) is 25.0 Å². The molecule has 2 aliphatic rings. The quantitative estimate of drug-likeness (QED) is 0.745. The summed E-state index contributed by atoms with van der Waals surface area (Å²) < 4.78 is 5.40. The molecule has 2 fully saturated rings. The van der Waals surface area contributed by atoms with E-state index in [1.165, 1.54) is 57.8 Å². The molecule has 0 bridgehead atoms. The average molecular weight is 239 g/mol. The lowest BCUT2D eigenvalue weighted by Gasteiger charge is -2.25. The van der Waals surface area contributed by atoms with Crippen molar-refractivity contribution >= 4 is 0 Å². The molecule has 17 heavy (non-hydrogen) atoms. The van der Waals surface area contributed by atoms with E-state index in [1.54, 1.807) is 0 Å². The van der Waals surface area contributed by atoms with E-state index in [9.17, 15) is 0 Å². The van der Waals surface area contributed by atoms with Crippen LogP contribution in [-0.2, 0) is 4.74 Å². The van der Waals surface area contributed by atoms with Gasteiger partial charge >= 0.3 is 0 Å². The monoisotopic (exact) mass is 239 g/mol. The second kappa shape index (κ2) is 6.19. The Balaban J connectivity index is 1.56. The van der Waals surface area contributed by atoms with Gasteiger partial charge in [0.1, 0.15) is 0 Å². The van der Waals surface area contributed by atoms with E-state index in [0.29, 0.717) is 0 Å². The van der Waals surface area contributed by atoms with E-state index in [1.807, 2.05) is 0 Å². The maximum absolute atomic E-state index is 6.45. The highest BCUT2D eigenvalue weighted by Gasteiger charge is 2.32. The molecule has 0 spiro atoms. The molecule has 0 radical (unpaired) electrons. The van der Waals surface area contributed by atoms with Crippen molar-refractivity contribution < 1.29 is 4.74 Å². The first-order valence-electron chi connectivity index (χ1n) is 7.55. The minimum absolute atomic E-state index is 0.190. The van der Waals surface area contributed by atoms with Gasteiger partial charge in [0.25, 0.3) is 0 Å². The molecule has 1 saturated heterocycles. The summed E-state index contributed by atoms with van der Waals surface area (Å²) in [6.07, 6.45) is 11.8. The van der Waals surface area contributed by atoms with Crippen LogP contribution in [0, 0.1) is 11.8 Å². The van der Waals surface area contributed by atoms with Gasteiger partial charge in [-0.25, -0.2) is 0 Å². The second-order valence-electron chi connectivity index (χ2n) is 6.51. The third-order valence-electron chi connectivity index (χ3n) is 4.77. The molecule has 2 rings (SSSR count). The van der Waals surface area contributed by atoms with Crippen LogP contribution in [0.3, 0.4) is 0 Å². The van der Waals surface area contributed by atoms with Crippen molar-refractivity contribution in [3.8, 4) is 0 Å². The van der Waals surface area contributed by atoms with Gasteiger partial charge in [0.15, 0.2) is 0 Å². The minimum atomic E-state index is 0.190. The first kappa shape index (κ1) is 13.4. The summed E-state index contributed by atoms with van der Waals surface area (Å²) in [6.45, 7) is 4.32. The first-order valence-corrected chi connectivity index (χ1v) is 7.55. The molecule has 2 nitrogen and oxygen atoms in total. The van der Waals surface area contributed by atoms with Crippen LogP contribution >= 0.6 is 0 Å². The van der Waals surface area contributed by atoms with Crippen LogP contribution in [0.2, 0.25) is 0 Å². The molecule has 2 atom stereocenters. The van der Waals surface area contributed by atoms with Crippen LogP contribution in [0.15, 0.2) is 0 Å². The molecule has 2 heteroatoms. The molecule has 1 heterocycles. The van der Waals surface area contributed by atoms with E-state index < -0.39 is 0 Å². The number of unbranched alkanes of at least 4 members (excludes halogenated alkanes) is 1. The fourth-order valence-electron chi connectivity index (χ4n) is 3.60. The van der Waals surface area contributed by atoms with Crippen molar-refractivity contribution in [3.63, 3.8) is 0 Å². The molecular weight excluding hydrogens is 210 g/mol. The fraction of sp³-hybridized carbons (Fsp3) is 1.00. The summed E-state index contributed by atoms with van der Waals surface area (Å²) in [4.78, 5) is 0. The summed E-state index contributed by atoms with van der Waals surface area (Å²) in [7, 11) is 0. The van der Waals surface area contributed by atoms with Crippen LogP contribution in [-0.4, -0.2) is 18.8 Å². The van der Waals surface area contributed by atoms with Crippen molar-refractivity contribution in [1.29, 1.82) is 0 Å². The molecule has 0 amide bonds. The zero-order chi connectivity index (χ0) is 12.1. The Labute approximate surface area is 106 Å². The van der Waals surface area contributed by atoms with Gasteiger partial charge < -0.3 is 10.5 Å². The summed E-state index contributed by atoms with van der Waals surface area (Å²) >= 11 is 0. The van der Waals surface area contributed by atoms with Crippen LogP contribution in [0.5, 0.6) is 0 Å². The molecule has 1 aliphatic carbocycles. The number of nitrogens with two attached hydrogens (primary N) is 1. The van der Waals surface area contributed by atoms with Crippen molar-refractivity contribution in [1.82, 2.24) is 0 Å². The van der Waals surface area contributed by atoms with E-state index in [4.69, 9.17) is 10.5 Å². The van der Waals surface area contributed by atoms with E-state index in [2.05, 4.69) is 6.92 Å². The van der Waals surface area contributed by atoms with Gasteiger partial charge in [-0.3, -0.25) is 0 Å². The van der Waals surface area contributed by atoms with Gasteiger partial charge in [-0.15, -0.1) is 0 Å². The van der Waals surface area contributed by atoms with Crippen molar-refractivity contribution in [2.75, 3.05) is 13.2 Å². The predicted octanol–water partition coefficient (Wildman–Crippen LogP) is 3.49. The SMILES string of the molecule is CC1CCC(N)(CCCCC2CCOCC2)C1. The zero-order valence-electron chi connectivity index (χ0n) is 11.4. The van der Waals surface area contributed by atoms with Gasteiger partial charge in [-0.2, -0.15) is 0 Å². The van der Waals surface area contributed by atoms with Crippen LogP contribution < -0.4 is 5.73 Å². The number of hydrogen-bond donors (Lipinski definition) is 1. The van der Waals surface area contributed by atoms with Gasteiger partial charge in [0, 0.05) is 18.8 Å². The lowest BCUT2D eigenvalue weighted by molar-refractivity contribution is 0.0629. The Hall–Kier alpha value is -0.0800. The number of hydrogen-bond acceptors (Lipinski definition) is 2. The van der Waals surface area contributed by atoms with E-state index >= 15 is 0 Å². The van der Waals surface area contributed by atoms with Crippen molar-refractivity contribution in [2.24, 2.45) is 17.6 Å². The normalized spacial score (nSPS) is 35.3. The molecule has 0 aromatic heterocycles. The Bertz CT molecular complexity index is 225. The molecule has 2 N–H and O–H groups in total. The lowest BCUT2D eigenvalue weighted by Crippen LogP contribution is -2.36.